The van der Waals surface area contributed by atoms with Crippen LogP contribution in [0.15, 0.2) is 20.6 Å². The van der Waals surface area contributed by atoms with Gasteiger partial charge in [0.25, 0.3) is 12.2 Å². The van der Waals surface area contributed by atoms with E-state index in [9.17, 15) is 9.59 Å². The molecule has 0 aliphatic heterocycles. The van der Waals surface area contributed by atoms with Gasteiger partial charge in [0.1, 0.15) is 0 Å². The van der Waals surface area contributed by atoms with Crippen molar-refractivity contribution in [2.75, 3.05) is 0 Å². The first-order valence-electron chi connectivity index (χ1n) is 1.46. The van der Waals surface area contributed by atoms with Crippen molar-refractivity contribution in [2.24, 2.45) is 20.6 Å². The number of isocyanates is 2. The molecule has 6 nitrogen and oxygen atoms in total. The van der Waals surface area contributed by atoms with Gasteiger partial charge in [-0.3, -0.25) is 0 Å². The quantitative estimate of drug-likeness (QED) is 0.217. The number of nitrogens with zero attached hydrogens (tertiary/aromatic N) is 4. The summed E-state index contributed by atoms with van der Waals surface area (Å²) < 4.78 is 0. The van der Waals surface area contributed by atoms with Crippen molar-refractivity contribution < 1.29 is 9.59 Å². The molecule has 0 atom stereocenters. The zero-order valence-corrected chi connectivity index (χ0v) is 3.61. The van der Waals surface area contributed by atoms with Gasteiger partial charge in [-0.05, 0) is 20.6 Å². The number of hydrogen-bond acceptors (Lipinski definition) is 4. The Hall–Kier alpha value is -1.64. The highest BCUT2D eigenvalue weighted by molar-refractivity contribution is 5.32. The molecule has 0 radical (unpaired) electrons. The van der Waals surface area contributed by atoms with Crippen molar-refractivity contribution in [1.82, 2.24) is 0 Å². The Labute approximate surface area is 43.6 Å². The second-order valence-corrected chi connectivity index (χ2v) is 0.561. The molecule has 0 unspecified atom stereocenters. The summed E-state index contributed by atoms with van der Waals surface area (Å²) in [7, 11) is 0. The highest BCUT2D eigenvalue weighted by Gasteiger charge is 1.58. The first kappa shape index (κ1) is 6.36. The zero-order chi connectivity index (χ0) is 6.24. The summed E-state index contributed by atoms with van der Waals surface area (Å²) in [5.74, 6) is 0. The maximum Gasteiger partial charge on any atom is 0.261 e. The molecular formula is C2N4O2. The summed E-state index contributed by atoms with van der Waals surface area (Å²) in [5.41, 5.74) is 0. The normalized spacial score (nSPS) is 7.50. The molecule has 8 heavy (non-hydrogen) atoms. The molecule has 40 valence electrons. The fourth-order valence-corrected chi connectivity index (χ4v) is 0.0765. The molecule has 0 rings (SSSR count). The van der Waals surface area contributed by atoms with Crippen molar-refractivity contribution >= 4 is 12.2 Å². The lowest BCUT2D eigenvalue weighted by atomic mass is 11.6. The average Bonchev–Trinajstić information content (AvgIpc) is 1.81. The smallest absolute Gasteiger partial charge is 0.209 e. The Morgan fingerprint density at radius 2 is 1.25 bits per heavy atom. The molecule has 0 saturated heterocycles. The summed E-state index contributed by atoms with van der Waals surface area (Å²) >= 11 is 0. The molecule has 0 aromatic heterocycles. The Balaban J connectivity index is 3.66. The van der Waals surface area contributed by atoms with Crippen molar-refractivity contribution in [3.63, 3.8) is 0 Å². The van der Waals surface area contributed by atoms with Crippen LogP contribution >= 0.6 is 0 Å². The van der Waals surface area contributed by atoms with Crippen molar-refractivity contribution in [1.29, 1.82) is 0 Å². The van der Waals surface area contributed by atoms with E-state index >= 15 is 0 Å². The van der Waals surface area contributed by atoms with Gasteiger partial charge in [-0.15, -0.1) is 0 Å². The van der Waals surface area contributed by atoms with E-state index in [0.29, 0.717) is 0 Å². The minimum absolute atomic E-state index is 1.05. The van der Waals surface area contributed by atoms with Crippen molar-refractivity contribution in [3.8, 4) is 0 Å². The Morgan fingerprint density at radius 3 is 1.50 bits per heavy atom. The molecule has 0 aliphatic rings. The number of carbonyl (C=O) groups excluding carboxylic acids is 2. The average molecular weight is 112 g/mol. The number of rotatable bonds is 2. The summed E-state index contributed by atoms with van der Waals surface area (Å²) in [6.07, 6.45) is 2.10. The lowest BCUT2D eigenvalue weighted by Gasteiger charge is -1.56. The van der Waals surface area contributed by atoms with E-state index in [0.717, 1.165) is 12.2 Å². The van der Waals surface area contributed by atoms with Crippen LogP contribution in [0.25, 0.3) is 0 Å². The van der Waals surface area contributed by atoms with E-state index in [1.54, 1.807) is 0 Å². The van der Waals surface area contributed by atoms with E-state index in [1.165, 1.54) is 0 Å². The SMILES string of the molecule is O=C=NN=NN=C=O. The topological polar surface area (TPSA) is 83.6 Å². The molecule has 0 fully saturated rings. The summed E-state index contributed by atoms with van der Waals surface area (Å²) in [6.45, 7) is 0. The molecule has 0 aromatic rings. The maximum absolute atomic E-state index is 9.18. The zero-order valence-electron chi connectivity index (χ0n) is 3.61. The van der Waals surface area contributed by atoms with Gasteiger partial charge in [0.2, 0.25) is 0 Å². The van der Waals surface area contributed by atoms with Crippen LogP contribution in [0.2, 0.25) is 0 Å². The van der Waals surface area contributed by atoms with Crippen LogP contribution < -0.4 is 0 Å². The minimum atomic E-state index is 1.05. The fourth-order valence-electron chi connectivity index (χ4n) is 0.0765. The molecule has 0 aliphatic carbocycles. The highest BCUT2D eigenvalue weighted by Crippen LogP contribution is 1.71. The third kappa shape index (κ3) is 4.36. The van der Waals surface area contributed by atoms with Gasteiger partial charge in [0.15, 0.2) is 0 Å². The van der Waals surface area contributed by atoms with Crippen LogP contribution in [-0.4, -0.2) is 12.2 Å². The summed E-state index contributed by atoms with van der Waals surface area (Å²) in [6, 6.07) is 0. The molecule has 0 N–H and O–H groups in total. The molecule has 0 saturated carbocycles. The van der Waals surface area contributed by atoms with Crippen LogP contribution in [0.4, 0.5) is 0 Å². The molecular weight excluding hydrogens is 112 g/mol. The van der Waals surface area contributed by atoms with E-state index < -0.39 is 0 Å². The second-order valence-electron chi connectivity index (χ2n) is 0.561. The lowest BCUT2D eigenvalue weighted by molar-refractivity contribution is 0.559. The molecule has 6 heteroatoms. The van der Waals surface area contributed by atoms with Gasteiger partial charge in [-0.1, -0.05) is 0 Å². The van der Waals surface area contributed by atoms with Crippen LogP contribution in [0.5, 0.6) is 0 Å². The monoisotopic (exact) mass is 112 g/mol. The van der Waals surface area contributed by atoms with Gasteiger partial charge in [0.05, 0.1) is 0 Å². The predicted octanol–water partition coefficient (Wildman–Crippen LogP) is -0.0598. The summed E-state index contributed by atoms with van der Waals surface area (Å²) in [4.78, 5) is 18.4. The van der Waals surface area contributed by atoms with Gasteiger partial charge >= 0.3 is 0 Å². The van der Waals surface area contributed by atoms with Gasteiger partial charge in [0, 0.05) is 0 Å². The maximum atomic E-state index is 9.18. The Morgan fingerprint density at radius 1 is 0.875 bits per heavy atom. The second kappa shape index (κ2) is 5.36. The number of hydrogen-bond donors (Lipinski definition) is 0. The first-order valence-corrected chi connectivity index (χ1v) is 1.46. The van der Waals surface area contributed by atoms with E-state index in [1.807, 2.05) is 0 Å². The van der Waals surface area contributed by atoms with Gasteiger partial charge in [-0.25, -0.2) is 9.59 Å². The van der Waals surface area contributed by atoms with Crippen molar-refractivity contribution in [2.45, 2.75) is 0 Å². The Kier molecular flexibility index (Phi) is 4.26. The van der Waals surface area contributed by atoms with E-state index in [4.69, 9.17) is 0 Å². The van der Waals surface area contributed by atoms with E-state index in [2.05, 4.69) is 20.6 Å². The third-order valence-electron chi connectivity index (χ3n) is 0.211. The van der Waals surface area contributed by atoms with Gasteiger partial charge < -0.3 is 0 Å². The van der Waals surface area contributed by atoms with Crippen LogP contribution in [0.3, 0.4) is 0 Å². The molecule has 0 aromatic carbocycles. The third-order valence-corrected chi connectivity index (χ3v) is 0.211. The standard InChI is InChI=1S/C2N4O2/c7-1-3-5-6-4-2-8. The molecule has 0 spiro atoms. The van der Waals surface area contributed by atoms with Crippen LogP contribution in [0, 0.1) is 0 Å². The van der Waals surface area contributed by atoms with E-state index in [-0.39, 0.29) is 0 Å². The minimum Gasteiger partial charge on any atom is -0.209 e. The van der Waals surface area contributed by atoms with Crippen molar-refractivity contribution in [3.05, 3.63) is 0 Å². The first-order chi connectivity index (χ1) is 3.91. The molecule has 0 amide bonds. The van der Waals surface area contributed by atoms with Gasteiger partial charge in [-0.2, -0.15) is 0 Å². The Bertz CT molecular complexity index is 152. The summed E-state index contributed by atoms with van der Waals surface area (Å²) in [5, 5.41) is 10.5. The van der Waals surface area contributed by atoms with Crippen LogP contribution in [0.1, 0.15) is 0 Å². The van der Waals surface area contributed by atoms with Crippen LogP contribution in [-0.2, 0) is 9.59 Å². The molecule has 0 bridgehead atoms. The lowest BCUT2D eigenvalue weighted by Crippen LogP contribution is -1.47. The largest absolute Gasteiger partial charge is 0.261 e. The molecule has 0 heterocycles. The predicted molar refractivity (Wildman–Crippen MR) is 21.1 cm³/mol. The fraction of sp³-hybridized carbons (Fsp3) is 0. The highest BCUT2D eigenvalue weighted by atomic mass is 16.1.